The van der Waals surface area contributed by atoms with E-state index in [9.17, 15) is 0 Å². The molecule has 1 aromatic heterocycles. The van der Waals surface area contributed by atoms with E-state index in [2.05, 4.69) is 188 Å². The van der Waals surface area contributed by atoms with Crippen molar-refractivity contribution in [3.05, 3.63) is 222 Å². The molecule has 56 heavy (non-hydrogen) atoms. The van der Waals surface area contributed by atoms with Crippen molar-refractivity contribution in [3.63, 3.8) is 0 Å². The third-order valence-electron chi connectivity index (χ3n) is 11.7. The molecule has 3 nitrogen and oxygen atoms in total. The van der Waals surface area contributed by atoms with E-state index in [-0.39, 0.29) is 0 Å². The molecule has 1 aliphatic heterocycles. The van der Waals surface area contributed by atoms with Crippen LogP contribution in [0.2, 0.25) is 0 Å². The van der Waals surface area contributed by atoms with E-state index < -0.39 is 5.41 Å². The van der Waals surface area contributed by atoms with Crippen LogP contribution in [0.1, 0.15) is 35.1 Å². The van der Waals surface area contributed by atoms with Crippen LogP contribution >= 0.6 is 0 Å². The zero-order chi connectivity index (χ0) is 37.1. The van der Waals surface area contributed by atoms with Crippen LogP contribution in [0.3, 0.4) is 0 Å². The van der Waals surface area contributed by atoms with Crippen LogP contribution in [0.4, 0.5) is 0 Å². The molecule has 2 heterocycles. The normalized spacial score (nSPS) is 16.1. The molecule has 0 fully saturated rings. The highest BCUT2D eigenvalue weighted by atomic mass is 16.5. The van der Waals surface area contributed by atoms with Gasteiger partial charge in [-0.1, -0.05) is 176 Å². The second kappa shape index (κ2) is 13.0. The number of benzene rings is 7. The van der Waals surface area contributed by atoms with Gasteiger partial charge in [-0.25, -0.2) is 9.97 Å². The number of fused-ring (bicyclic) bond motifs is 8. The minimum atomic E-state index is -0.424. The van der Waals surface area contributed by atoms with Crippen LogP contribution < -0.4 is 4.74 Å². The summed E-state index contributed by atoms with van der Waals surface area (Å²) in [6.45, 7) is 0. The van der Waals surface area contributed by atoms with Crippen molar-refractivity contribution < 1.29 is 4.74 Å². The molecule has 1 spiro atoms. The van der Waals surface area contributed by atoms with Gasteiger partial charge < -0.3 is 4.74 Å². The Labute approximate surface area is 327 Å². The van der Waals surface area contributed by atoms with Crippen molar-refractivity contribution >= 4 is 5.57 Å². The molecule has 0 saturated heterocycles. The van der Waals surface area contributed by atoms with Crippen molar-refractivity contribution in [1.29, 1.82) is 0 Å². The molecule has 264 valence electrons. The number of rotatable bonds is 5. The number of hydrogen-bond acceptors (Lipinski definition) is 3. The number of hydrogen-bond donors (Lipinski definition) is 0. The van der Waals surface area contributed by atoms with E-state index in [4.69, 9.17) is 14.7 Å². The van der Waals surface area contributed by atoms with Gasteiger partial charge >= 0.3 is 0 Å². The van der Waals surface area contributed by atoms with Crippen LogP contribution in [0.5, 0.6) is 11.5 Å². The molecule has 0 amide bonds. The van der Waals surface area contributed by atoms with E-state index in [0.717, 1.165) is 74.7 Å². The van der Waals surface area contributed by atoms with Gasteiger partial charge in [-0.2, -0.15) is 0 Å². The summed E-state index contributed by atoms with van der Waals surface area (Å²) in [5, 5.41) is 0. The smallest absolute Gasteiger partial charge is 0.161 e. The quantitative estimate of drug-likeness (QED) is 0.178. The third kappa shape index (κ3) is 4.98. The third-order valence-corrected chi connectivity index (χ3v) is 11.7. The average molecular weight is 717 g/mol. The van der Waals surface area contributed by atoms with Crippen LogP contribution in [0.25, 0.3) is 61.7 Å². The van der Waals surface area contributed by atoms with Gasteiger partial charge in [-0.05, 0) is 75.6 Å². The Morgan fingerprint density at radius 1 is 0.429 bits per heavy atom. The molecule has 7 aromatic carbocycles. The van der Waals surface area contributed by atoms with Gasteiger partial charge in [0.2, 0.25) is 0 Å². The number of ether oxygens (including phenoxy) is 1. The van der Waals surface area contributed by atoms with Crippen LogP contribution in [-0.4, -0.2) is 9.97 Å². The standard InChI is InChI=1S/C53H36N2O/c1-3-17-35(18-4-1)38-21-7-9-25-42(38)49-34-48(36-19-5-2-6-20-36)54-52(55-49)43-26-10-8-22-39(43)37-31-32-47-51(33-37)56-50-30-16-15-29-46(50)53(47)44-27-13-11-23-40(44)41-24-12-14-28-45(41)53/h1-13,15-27,29-34H,14,28H2. The molecule has 1 unspecified atom stereocenters. The molecule has 2 aliphatic carbocycles. The van der Waals surface area contributed by atoms with Gasteiger partial charge in [0.1, 0.15) is 11.5 Å². The molecule has 0 radical (unpaired) electrons. The Morgan fingerprint density at radius 2 is 1.02 bits per heavy atom. The summed E-state index contributed by atoms with van der Waals surface area (Å²) in [5.41, 5.74) is 16.6. The first-order valence-electron chi connectivity index (χ1n) is 19.4. The predicted octanol–water partition coefficient (Wildman–Crippen LogP) is 13.4. The zero-order valence-corrected chi connectivity index (χ0v) is 30.7. The molecule has 3 heteroatoms. The largest absolute Gasteiger partial charge is 0.457 e. The van der Waals surface area contributed by atoms with E-state index in [1.807, 2.05) is 6.07 Å². The fourth-order valence-corrected chi connectivity index (χ4v) is 9.31. The van der Waals surface area contributed by atoms with E-state index >= 15 is 0 Å². The lowest BCUT2D eigenvalue weighted by Crippen LogP contribution is -2.33. The van der Waals surface area contributed by atoms with Crippen molar-refractivity contribution in [2.24, 2.45) is 0 Å². The number of nitrogens with zero attached hydrogens (tertiary/aromatic N) is 2. The van der Waals surface area contributed by atoms with Crippen molar-refractivity contribution in [2.45, 2.75) is 18.3 Å². The number of para-hydroxylation sites is 1. The van der Waals surface area contributed by atoms with Crippen LogP contribution in [0.15, 0.2) is 200 Å². The van der Waals surface area contributed by atoms with Gasteiger partial charge in [0.15, 0.2) is 5.82 Å². The Hall–Kier alpha value is -7.10. The van der Waals surface area contributed by atoms with Crippen LogP contribution in [0, 0.1) is 0 Å². The molecule has 11 rings (SSSR count). The maximum Gasteiger partial charge on any atom is 0.161 e. The van der Waals surface area contributed by atoms with Gasteiger partial charge in [-0.15, -0.1) is 0 Å². The number of aromatic nitrogens is 2. The molecule has 0 N–H and O–H groups in total. The van der Waals surface area contributed by atoms with Crippen molar-refractivity contribution in [1.82, 2.24) is 9.97 Å². The summed E-state index contributed by atoms with van der Waals surface area (Å²) >= 11 is 0. The van der Waals surface area contributed by atoms with E-state index in [0.29, 0.717) is 5.82 Å². The number of allylic oxidation sites excluding steroid dienone is 4. The average Bonchev–Trinajstić information content (AvgIpc) is 3.57. The lowest BCUT2D eigenvalue weighted by Gasteiger charge is -2.41. The van der Waals surface area contributed by atoms with Crippen molar-refractivity contribution in [2.75, 3.05) is 0 Å². The van der Waals surface area contributed by atoms with Gasteiger partial charge in [0.25, 0.3) is 0 Å². The Bertz CT molecular complexity index is 2890. The van der Waals surface area contributed by atoms with E-state index in [1.165, 1.54) is 33.4 Å². The maximum absolute atomic E-state index is 6.90. The minimum Gasteiger partial charge on any atom is -0.457 e. The summed E-state index contributed by atoms with van der Waals surface area (Å²) in [5.74, 6) is 2.46. The summed E-state index contributed by atoms with van der Waals surface area (Å²) in [6.07, 6.45) is 6.69. The molecule has 3 aliphatic rings. The molecule has 1 atom stereocenters. The highest BCUT2D eigenvalue weighted by molar-refractivity contribution is 5.93. The van der Waals surface area contributed by atoms with Gasteiger partial charge in [0, 0.05) is 27.8 Å². The lowest BCUT2D eigenvalue weighted by atomic mass is 9.64. The Kier molecular flexibility index (Phi) is 7.53. The summed E-state index contributed by atoms with van der Waals surface area (Å²) in [4.78, 5) is 10.6. The molecule has 8 aromatic rings. The monoisotopic (exact) mass is 716 g/mol. The topological polar surface area (TPSA) is 35.0 Å². The highest BCUT2D eigenvalue weighted by Crippen LogP contribution is 2.63. The minimum absolute atomic E-state index is 0.424. The van der Waals surface area contributed by atoms with Gasteiger partial charge in [-0.3, -0.25) is 0 Å². The molecular formula is C53H36N2O. The molecular weight excluding hydrogens is 681 g/mol. The second-order valence-electron chi connectivity index (χ2n) is 14.7. The molecule has 0 bridgehead atoms. The first-order chi connectivity index (χ1) is 27.8. The van der Waals surface area contributed by atoms with E-state index in [1.54, 1.807) is 0 Å². The lowest BCUT2D eigenvalue weighted by molar-refractivity contribution is 0.432. The first-order valence-corrected chi connectivity index (χ1v) is 19.4. The summed E-state index contributed by atoms with van der Waals surface area (Å²) in [6, 6.07) is 64.4. The summed E-state index contributed by atoms with van der Waals surface area (Å²) in [7, 11) is 0. The highest BCUT2D eigenvalue weighted by Gasteiger charge is 2.52. The second-order valence-corrected chi connectivity index (χ2v) is 14.7. The fraction of sp³-hybridized carbons (Fsp3) is 0.0566. The maximum atomic E-state index is 6.90. The summed E-state index contributed by atoms with van der Waals surface area (Å²) < 4.78 is 6.90. The molecule has 0 saturated carbocycles. The first kappa shape index (κ1) is 32.3. The SMILES string of the molecule is C1=CC2=C(CC1)C1(c3ccccc3Oc3cc(-c4ccccc4-c4nc(-c5ccccc5)cc(-c5ccccc5-c5ccccc5)n4)ccc31)c1ccccc12. The Morgan fingerprint density at radius 3 is 1.80 bits per heavy atom. The predicted molar refractivity (Wildman–Crippen MR) is 227 cm³/mol. The fourth-order valence-electron chi connectivity index (χ4n) is 9.31. The Balaban J connectivity index is 1.10. The van der Waals surface area contributed by atoms with Crippen molar-refractivity contribution in [3.8, 4) is 67.7 Å². The van der Waals surface area contributed by atoms with Crippen LogP contribution in [-0.2, 0) is 5.41 Å². The van der Waals surface area contributed by atoms with Gasteiger partial charge in [0.05, 0.1) is 16.8 Å². The zero-order valence-electron chi connectivity index (χ0n) is 30.7.